The number of benzene rings is 1. The minimum Gasteiger partial charge on any atom is -0.469 e. The van der Waals surface area contributed by atoms with Gasteiger partial charge < -0.3 is 9.73 Å². The van der Waals surface area contributed by atoms with Crippen molar-refractivity contribution in [2.24, 2.45) is 0 Å². The van der Waals surface area contributed by atoms with Crippen LogP contribution in [0, 0.1) is 0 Å². The predicted molar refractivity (Wildman–Crippen MR) is 70.2 cm³/mol. The van der Waals surface area contributed by atoms with Crippen LogP contribution < -0.4 is 5.32 Å². The molecule has 0 atom stereocenters. The second kappa shape index (κ2) is 5.19. The van der Waals surface area contributed by atoms with E-state index in [1.165, 1.54) is 6.26 Å². The van der Waals surface area contributed by atoms with Crippen LogP contribution >= 0.6 is 15.9 Å². The molecule has 17 heavy (non-hydrogen) atoms. The molecule has 1 N–H and O–H groups in total. The van der Waals surface area contributed by atoms with Crippen molar-refractivity contribution in [3.63, 3.8) is 0 Å². The number of furan rings is 1. The maximum atomic E-state index is 12.0. The Hall–Kier alpha value is -1.55. The van der Waals surface area contributed by atoms with Gasteiger partial charge in [0.25, 0.3) is 5.91 Å². The molecule has 0 bridgehead atoms. The first-order chi connectivity index (χ1) is 8.20. The molecule has 1 aromatic heterocycles. The van der Waals surface area contributed by atoms with Crippen molar-refractivity contribution in [1.29, 1.82) is 0 Å². The van der Waals surface area contributed by atoms with Crippen LogP contribution in [0.15, 0.2) is 45.5 Å². The fraction of sp³-hybridized carbons (Fsp3) is 0.154. The van der Waals surface area contributed by atoms with Gasteiger partial charge in [0.1, 0.15) is 5.76 Å². The van der Waals surface area contributed by atoms with Crippen LogP contribution in [-0.2, 0) is 6.42 Å². The summed E-state index contributed by atoms with van der Waals surface area (Å²) < 4.78 is 6.16. The highest BCUT2D eigenvalue weighted by atomic mass is 79.9. The second-order valence-corrected chi connectivity index (χ2v) is 4.49. The van der Waals surface area contributed by atoms with Gasteiger partial charge in [0.2, 0.25) is 0 Å². The molecule has 1 aromatic carbocycles. The Morgan fingerprint density at radius 3 is 2.94 bits per heavy atom. The van der Waals surface area contributed by atoms with Crippen molar-refractivity contribution < 1.29 is 9.21 Å². The molecule has 0 unspecified atom stereocenters. The first-order valence-electron chi connectivity index (χ1n) is 5.34. The maximum absolute atomic E-state index is 12.0. The molecular weight excluding hydrogens is 282 g/mol. The zero-order chi connectivity index (χ0) is 12.3. The zero-order valence-electron chi connectivity index (χ0n) is 9.37. The van der Waals surface area contributed by atoms with E-state index in [-0.39, 0.29) is 5.91 Å². The monoisotopic (exact) mass is 293 g/mol. The van der Waals surface area contributed by atoms with Crippen molar-refractivity contribution in [3.05, 3.63) is 52.4 Å². The highest BCUT2D eigenvalue weighted by Gasteiger charge is 2.13. The van der Waals surface area contributed by atoms with Gasteiger partial charge in [-0.1, -0.05) is 28.9 Å². The number of anilines is 1. The third-order valence-electron chi connectivity index (χ3n) is 2.39. The van der Waals surface area contributed by atoms with E-state index in [2.05, 4.69) is 21.2 Å². The van der Waals surface area contributed by atoms with Gasteiger partial charge in [0, 0.05) is 16.6 Å². The third kappa shape index (κ3) is 2.77. The quantitative estimate of drug-likeness (QED) is 0.934. The molecule has 0 saturated heterocycles. The van der Waals surface area contributed by atoms with Gasteiger partial charge in [0.05, 0.1) is 11.8 Å². The topological polar surface area (TPSA) is 42.2 Å². The standard InChI is InChI=1S/C13H12BrNO2/c1-2-12-11(6-7-17-12)13(16)15-10-5-3-4-9(14)8-10/h3-8H,2H2,1H3,(H,15,16). The number of hydrogen-bond donors (Lipinski definition) is 1. The minimum atomic E-state index is -0.145. The van der Waals surface area contributed by atoms with Gasteiger partial charge in [0.15, 0.2) is 0 Å². The van der Waals surface area contributed by atoms with E-state index in [1.807, 2.05) is 31.2 Å². The van der Waals surface area contributed by atoms with Crippen LogP contribution in [-0.4, -0.2) is 5.91 Å². The number of halogens is 1. The molecule has 0 aliphatic rings. The molecule has 0 fully saturated rings. The summed E-state index contributed by atoms with van der Waals surface area (Å²) in [5, 5.41) is 2.83. The number of carbonyl (C=O) groups is 1. The van der Waals surface area contributed by atoms with Crippen LogP contribution in [0.3, 0.4) is 0 Å². The van der Waals surface area contributed by atoms with Gasteiger partial charge in [-0.2, -0.15) is 0 Å². The van der Waals surface area contributed by atoms with Crippen molar-refractivity contribution in [2.45, 2.75) is 13.3 Å². The predicted octanol–water partition coefficient (Wildman–Crippen LogP) is 3.86. The van der Waals surface area contributed by atoms with E-state index < -0.39 is 0 Å². The number of rotatable bonds is 3. The first-order valence-corrected chi connectivity index (χ1v) is 6.13. The lowest BCUT2D eigenvalue weighted by Crippen LogP contribution is -2.12. The van der Waals surface area contributed by atoms with Crippen LogP contribution in [0.5, 0.6) is 0 Å². The van der Waals surface area contributed by atoms with E-state index in [1.54, 1.807) is 6.07 Å². The number of nitrogens with one attached hydrogen (secondary N) is 1. The highest BCUT2D eigenvalue weighted by Crippen LogP contribution is 2.18. The summed E-state index contributed by atoms with van der Waals surface area (Å²) >= 11 is 3.36. The molecule has 2 rings (SSSR count). The number of aryl methyl sites for hydroxylation is 1. The summed E-state index contributed by atoms with van der Waals surface area (Å²) in [6.45, 7) is 1.95. The van der Waals surface area contributed by atoms with Crippen molar-refractivity contribution >= 4 is 27.5 Å². The van der Waals surface area contributed by atoms with Crippen LogP contribution in [0.2, 0.25) is 0 Å². The second-order valence-electron chi connectivity index (χ2n) is 3.58. The average molecular weight is 294 g/mol. The van der Waals surface area contributed by atoms with E-state index in [4.69, 9.17) is 4.42 Å². The lowest BCUT2D eigenvalue weighted by molar-refractivity contribution is 0.102. The zero-order valence-corrected chi connectivity index (χ0v) is 11.0. The van der Waals surface area contributed by atoms with Gasteiger partial charge >= 0.3 is 0 Å². The average Bonchev–Trinajstić information content (AvgIpc) is 2.77. The fourth-order valence-corrected chi connectivity index (χ4v) is 1.98. The smallest absolute Gasteiger partial charge is 0.259 e. The molecule has 0 spiro atoms. The molecule has 0 aliphatic carbocycles. The van der Waals surface area contributed by atoms with E-state index in [0.29, 0.717) is 17.7 Å². The summed E-state index contributed by atoms with van der Waals surface area (Å²) in [5.41, 5.74) is 1.35. The molecule has 2 aromatic rings. The lowest BCUT2D eigenvalue weighted by Gasteiger charge is -2.05. The Labute approximate surface area is 108 Å². The molecule has 4 heteroatoms. The molecule has 0 aliphatic heterocycles. The summed E-state index contributed by atoms with van der Waals surface area (Å²) in [6, 6.07) is 9.16. The molecule has 1 amide bonds. The number of hydrogen-bond acceptors (Lipinski definition) is 2. The van der Waals surface area contributed by atoms with Crippen molar-refractivity contribution in [3.8, 4) is 0 Å². The molecule has 0 saturated carbocycles. The molecule has 3 nitrogen and oxygen atoms in total. The molecule has 0 radical (unpaired) electrons. The Kier molecular flexibility index (Phi) is 3.64. The maximum Gasteiger partial charge on any atom is 0.259 e. The Morgan fingerprint density at radius 1 is 1.41 bits per heavy atom. The normalized spacial score (nSPS) is 10.2. The van der Waals surface area contributed by atoms with Gasteiger partial charge in [-0.15, -0.1) is 0 Å². The van der Waals surface area contributed by atoms with Crippen molar-refractivity contribution in [1.82, 2.24) is 0 Å². The Morgan fingerprint density at radius 2 is 2.24 bits per heavy atom. The fourth-order valence-electron chi connectivity index (χ4n) is 1.58. The van der Waals surface area contributed by atoms with Crippen molar-refractivity contribution in [2.75, 3.05) is 5.32 Å². The lowest BCUT2D eigenvalue weighted by atomic mass is 10.2. The molecular formula is C13H12BrNO2. The largest absolute Gasteiger partial charge is 0.469 e. The molecule has 1 heterocycles. The van der Waals surface area contributed by atoms with E-state index >= 15 is 0 Å². The van der Waals surface area contributed by atoms with Crippen LogP contribution in [0.4, 0.5) is 5.69 Å². The van der Waals surface area contributed by atoms with Crippen LogP contribution in [0.1, 0.15) is 23.0 Å². The Bertz CT molecular complexity index is 534. The highest BCUT2D eigenvalue weighted by molar-refractivity contribution is 9.10. The summed E-state index contributed by atoms with van der Waals surface area (Å²) in [5.74, 6) is 0.561. The third-order valence-corrected chi connectivity index (χ3v) is 2.89. The summed E-state index contributed by atoms with van der Waals surface area (Å²) in [4.78, 5) is 12.0. The summed E-state index contributed by atoms with van der Waals surface area (Å²) in [7, 11) is 0. The van der Waals surface area contributed by atoms with E-state index in [9.17, 15) is 4.79 Å². The first kappa shape index (κ1) is 11.9. The number of carbonyl (C=O) groups excluding carboxylic acids is 1. The Balaban J connectivity index is 2.17. The number of amides is 1. The van der Waals surface area contributed by atoms with E-state index in [0.717, 1.165) is 10.2 Å². The SMILES string of the molecule is CCc1occc1C(=O)Nc1cccc(Br)c1. The van der Waals surface area contributed by atoms with Gasteiger partial charge in [-0.25, -0.2) is 0 Å². The van der Waals surface area contributed by atoms with Gasteiger partial charge in [-0.3, -0.25) is 4.79 Å². The molecule has 88 valence electrons. The summed E-state index contributed by atoms with van der Waals surface area (Å²) in [6.07, 6.45) is 2.24. The van der Waals surface area contributed by atoms with Crippen LogP contribution in [0.25, 0.3) is 0 Å². The minimum absolute atomic E-state index is 0.145. The van der Waals surface area contributed by atoms with Gasteiger partial charge in [-0.05, 0) is 24.3 Å².